The molecule has 1 aromatic carbocycles. The quantitative estimate of drug-likeness (QED) is 0.364. The van der Waals surface area contributed by atoms with E-state index in [1.807, 2.05) is 23.8 Å². The average Bonchev–Trinajstić information content (AvgIpc) is 3.04. The summed E-state index contributed by atoms with van der Waals surface area (Å²) in [5.74, 6) is 0.800. The number of halogens is 3. The molecule has 24 heavy (non-hydrogen) atoms. The van der Waals surface area contributed by atoms with Gasteiger partial charge in [0.25, 0.3) is 0 Å². The van der Waals surface area contributed by atoms with E-state index in [-0.39, 0.29) is 29.7 Å². The fraction of sp³-hybridized carbons (Fsp3) is 0.312. The third-order valence-corrected chi connectivity index (χ3v) is 3.71. The molecule has 2 N–H and O–H groups in total. The molecule has 0 atom stereocenters. The highest BCUT2D eigenvalue weighted by Crippen LogP contribution is 2.19. The summed E-state index contributed by atoms with van der Waals surface area (Å²) in [4.78, 5) is 4.47. The minimum absolute atomic E-state index is 0. The van der Waals surface area contributed by atoms with Crippen molar-refractivity contribution in [2.45, 2.75) is 26.6 Å². The minimum atomic E-state index is -2.84. The van der Waals surface area contributed by atoms with E-state index >= 15 is 0 Å². The zero-order valence-corrected chi connectivity index (χ0v) is 16.3. The van der Waals surface area contributed by atoms with Gasteiger partial charge in [-0.05, 0) is 35.4 Å². The van der Waals surface area contributed by atoms with Gasteiger partial charge in [0.2, 0.25) is 0 Å². The number of hydrogen-bond acceptors (Lipinski definition) is 3. The van der Waals surface area contributed by atoms with Gasteiger partial charge in [-0.1, -0.05) is 18.2 Å². The zero-order chi connectivity index (χ0) is 16.5. The molecule has 0 saturated heterocycles. The maximum Gasteiger partial charge on any atom is 0.387 e. The van der Waals surface area contributed by atoms with Crippen molar-refractivity contribution in [2.75, 3.05) is 6.54 Å². The van der Waals surface area contributed by atoms with Gasteiger partial charge in [-0.25, -0.2) is 4.99 Å². The van der Waals surface area contributed by atoms with E-state index in [0.717, 1.165) is 5.56 Å². The van der Waals surface area contributed by atoms with Crippen molar-refractivity contribution in [3.63, 3.8) is 0 Å². The van der Waals surface area contributed by atoms with Crippen molar-refractivity contribution in [1.82, 2.24) is 10.6 Å². The third-order valence-electron chi connectivity index (χ3n) is 2.98. The number of alkyl halides is 2. The maximum atomic E-state index is 12.4. The van der Waals surface area contributed by atoms with Crippen LogP contribution in [0.5, 0.6) is 5.75 Å². The molecule has 132 valence electrons. The Balaban J connectivity index is 0.00000288. The van der Waals surface area contributed by atoms with Crippen LogP contribution in [0, 0.1) is 0 Å². The molecule has 0 aliphatic carbocycles. The molecule has 4 nitrogen and oxygen atoms in total. The fourth-order valence-electron chi connectivity index (χ4n) is 1.93. The van der Waals surface area contributed by atoms with Crippen molar-refractivity contribution in [1.29, 1.82) is 0 Å². The third kappa shape index (κ3) is 7.00. The van der Waals surface area contributed by atoms with Crippen LogP contribution in [0.4, 0.5) is 8.78 Å². The van der Waals surface area contributed by atoms with Gasteiger partial charge < -0.3 is 15.4 Å². The highest BCUT2D eigenvalue weighted by atomic mass is 127. The summed E-state index contributed by atoms with van der Waals surface area (Å²) in [6.45, 7) is 0.754. The van der Waals surface area contributed by atoms with E-state index in [1.54, 1.807) is 29.5 Å². The summed E-state index contributed by atoms with van der Waals surface area (Å²) in [5, 5.41) is 10.3. The number of nitrogens with zero attached hydrogens (tertiary/aromatic N) is 1. The second kappa shape index (κ2) is 11.2. The van der Waals surface area contributed by atoms with Gasteiger partial charge in [-0.15, -0.1) is 24.0 Å². The van der Waals surface area contributed by atoms with Gasteiger partial charge in [0.1, 0.15) is 5.75 Å². The topological polar surface area (TPSA) is 45.7 Å². The summed E-state index contributed by atoms with van der Waals surface area (Å²) in [5.41, 5.74) is 1.78. The summed E-state index contributed by atoms with van der Waals surface area (Å²) in [7, 11) is 0. The Morgan fingerprint density at radius 1 is 1.25 bits per heavy atom. The van der Waals surface area contributed by atoms with E-state index in [4.69, 9.17) is 0 Å². The van der Waals surface area contributed by atoms with E-state index in [1.165, 1.54) is 6.07 Å². The van der Waals surface area contributed by atoms with Crippen LogP contribution in [-0.2, 0) is 13.1 Å². The number of benzene rings is 1. The number of guanidine groups is 1. The van der Waals surface area contributed by atoms with E-state index in [9.17, 15) is 8.78 Å². The molecule has 0 saturated carbocycles. The lowest BCUT2D eigenvalue weighted by Gasteiger charge is -2.14. The molecule has 1 heterocycles. The SMILES string of the molecule is CCNC(=NCc1ccsc1)NCc1ccccc1OC(F)F.I. The molecule has 2 rings (SSSR count). The number of nitrogens with one attached hydrogen (secondary N) is 2. The van der Waals surface area contributed by atoms with Gasteiger partial charge in [0.05, 0.1) is 6.54 Å². The lowest BCUT2D eigenvalue weighted by molar-refractivity contribution is -0.0504. The predicted molar refractivity (Wildman–Crippen MR) is 104 cm³/mol. The van der Waals surface area contributed by atoms with Crippen molar-refractivity contribution < 1.29 is 13.5 Å². The van der Waals surface area contributed by atoms with Crippen molar-refractivity contribution in [3.05, 3.63) is 52.2 Å². The highest BCUT2D eigenvalue weighted by Gasteiger charge is 2.09. The van der Waals surface area contributed by atoms with Crippen LogP contribution in [0.3, 0.4) is 0 Å². The van der Waals surface area contributed by atoms with Gasteiger partial charge in [-0.2, -0.15) is 20.1 Å². The van der Waals surface area contributed by atoms with Crippen LogP contribution in [0.25, 0.3) is 0 Å². The van der Waals surface area contributed by atoms with Crippen LogP contribution in [0.2, 0.25) is 0 Å². The summed E-state index contributed by atoms with van der Waals surface area (Å²) in [6, 6.07) is 8.73. The van der Waals surface area contributed by atoms with Crippen LogP contribution in [0.1, 0.15) is 18.1 Å². The molecule has 0 spiro atoms. The van der Waals surface area contributed by atoms with E-state index in [2.05, 4.69) is 20.4 Å². The van der Waals surface area contributed by atoms with E-state index < -0.39 is 6.61 Å². The van der Waals surface area contributed by atoms with Crippen LogP contribution < -0.4 is 15.4 Å². The molecule has 2 aromatic rings. The normalized spacial score (nSPS) is 11.1. The molecule has 0 bridgehead atoms. The number of aliphatic imine (C=N–C) groups is 1. The smallest absolute Gasteiger partial charge is 0.387 e. The Morgan fingerprint density at radius 2 is 2.04 bits per heavy atom. The Bertz CT molecular complexity index is 624. The Kier molecular flexibility index (Phi) is 9.62. The Morgan fingerprint density at radius 3 is 2.71 bits per heavy atom. The van der Waals surface area contributed by atoms with Crippen LogP contribution >= 0.6 is 35.3 Å². The first-order chi connectivity index (χ1) is 11.2. The number of hydrogen-bond donors (Lipinski definition) is 2. The predicted octanol–water partition coefficient (Wildman–Crippen LogP) is 4.22. The standard InChI is InChI=1S/C16H19F2N3OS.HI/c1-2-19-16(20-9-12-7-8-23-11-12)21-10-13-5-3-4-6-14(13)22-15(17)18;/h3-8,11,15H,2,9-10H2,1H3,(H2,19,20,21);1H. The first-order valence-corrected chi connectivity index (χ1v) is 8.19. The number of rotatable bonds is 7. The first kappa shape index (κ1) is 20.6. The molecule has 0 fully saturated rings. The molecule has 0 aliphatic rings. The molecule has 1 aromatic heterocycles. The fourth-order valence-corrected chi connectivity index (χ4v) is 2.59. The average molecular weight is 467 g/mol. The van der Waals surface area contributed by atoms with E-state index in [0.29, 0.717) is 31.2 Å². The molecular formula is C16H20F2IN3OS. The minimum Gasteiger partial charge on any atom is -0.434 e. The summed E-state index contributed by atoms with van der Waals surface area (Å²) < 4.78 is 29.4. The molecule has 0 radical (unpaired) electrons. The molecule has 0 aliphatic heterocycles. The van der Waals surface area contributed by atoms with Gasteiger partial charge >= 0.3 is 6.61 Å². The molecular weight excluding hydrogens is 447 g/mol. The van der Waals surface area contributed by atoms with Crippen molar-refractivity contribution in [3.8, 4) is 5.75 Å². The van der Waals surface area contributed by atoms with Gasteiger partial charge in [-0.3, -0.25) is 0 Å². The van der Waals surface area contributed by atoms with Crippen molar-refractivity contribution >= 4 is 41.3 Å². The van der Waals surface area contributed by atoms with Gasteiger partial charge in [0.15, 0.2) is 5.96 Å². The van der Waals surface area contributed by atoms with Crippen LogP contribution in [-0.4, -0.2) is 19.1 Å². The number of para-hydroxylation sites is 1. The largest absolute Gasteiger partial charge is 0.434 e. The monoisotopic (exact) mass is 467 g/mol. The second-order valence-electron chi connectivity index (χ2n) is 4.67. The van der Waals surface area contributed by atoms with Gasteiger partial charge in [0, 0.05) is 18.7 Å². The number of ether oxygens (including phenoxy) is 1. The molecule has 0 amide bonds. The lowest BCUT2D eigenvalue weighted by atomic mass is 10.2. The number of thiophene rings is 1. The zero-order valence-electron chi connectivity index (χ0n) is 13.2. The molecule has 8 heteroatoms. The van der Waals surface area contributed by atoms with Crippen LogP contribution in [0.15, 0.2) is 46.1 Å². The maximum absolute atomic E-state index is 12.4. The highest BCUT2D eigenvalue weighted by molar-refractivity contribution is 14.0. The summed E-state index contributed by atoms with van der Waals surface area (Å²) in [6.07, 6.45) is 0. The molecule has 0 unspecified atom stereocenters. The summed E-state index contributed by atoms with van der Waals surface area (Å²) >= 11 is 1.62. The second-order valence-corrected chi connectivity index (χ2v) is 5.45. The van der Waals surface area contributed by atoms with Crippen molar-refractivity contribution in [2.24, 2.45) is 4.99 Å². The Hall–Kier alpha value is -1.42. The Labute approximate surface area is 161 Å². The lowest BCUT2D eigenvalue weighted by Crippen LogP contribution is -2.36. The first-order valence-electron chi connectivity index (χ1n) is 7.25.